The number of nitrogens with zero attached hydrogens (tertiary/aromatic N) is 1. The van der Waals surface area contributed by atoms with Crippen LogP contribution in [0.15, 0.2) is 29.2 Å². The molecule has 6 heteroatoms. The minimum Gasteiger partial charge on any atom is -0.486 e. The molecular formula is C16H15NO5. The second-order valence-electron chi connectivity index (χ2n) is 5.14. The highest BCUT2D eigenvalue weighted by Crippen LogP contribution is 2.34. The predicted molar refractivity (Wildman–Crippen MR) is 79.5 cm³/mol. The van der Waals surface area contributed by atoms with Crippen LogP contribution in [0.1, 0.15) is 21.5 Å². The molecule has 0 spiro atoms. The molecule has 2 aromatic rings. The topological polar surface area (TPSA) is 77.8 Å². The fourth-order valence-corrected chi connectivity index (χ4v) is 2.52. The summed E-state index contributed by atoms with van der Waals surface area (Å²) in [6.45, 7) is 4.37. The Kier molecular flexibility index (Phi) is 3.36. The molecule has 1 aromatic carbocycles. The summed E-state index contributed by atoms with van der Waals surface area (Å²) in [5, 5.41) is 9.22. The van der Waals surface area contributed by atoms with Crippen LogP contribution in [-0.2, 0) is 0 Å². The van der Waals surface area contributed by atoms with Crippen molar-refractivity contribution in [1.29, 1.82) is 0 Å². The van der Waals surface area contributed by atoms with Gasteiger partial charge in [-0.1, -0.05) is 0 Å². The lowest BCUT2D eigenvalue weighted by Crippen LogP contribution is -2.26. The van der Waals surface area contributed by atoms with Gasteiger partial charge in [0.1, 0.15) is 18.8 Å². The smallest absolute Gasteiger partial charge is 0.341 e. The Balaban J connectivity index is 2.22. The molecule has 22 heavy (non-hydrogen) atoms. The van der Waals surface area contributed by atoms with Crippen LogP contribution in [0.25, 0.3) is 5.69 Å². The van der Waals surface area contributed by atoms with E-state index in [-0.39, 0.29) is 5.56 Å². The number of aromatic carboxylic acids is 1. The van der Waals surface area contributed by atoms with E-state index < -0.39 is 11.5 Å². The van der Waals surface area contributed by atoms with Gasteiger partial charge in [-0.25, -0.2) is 4.79 Å². The zero-order chi connectivity index (χ0) is 15.9. The average Bonchev–Trinajstić information content (AvgIpc) is 2.47. The number of aromatic nitrogens is 1. The fraction of sp³-hybridized carbons (Fsp3) is 0.250. The molecule has 1 aliphatic rings. The quantitative estimate of drug-likeness (QED) is 0.917. The van der Waals surface area contributed by atoms with E-state index in [1.54, 1.807) is 31.3 Å². The second-order valence-corrected chi connectivity index (χ2v) is 5.14. The van der Waals surface area contributed by atoms with Gasteiger partial charge in [-0.05, 0) is 37.1 Å². The van der Waals surface area contributed by atoms with Gasteiger partial charge in [0.05, 0.1) is 5.69 Å². The third-order valence-corrected chi connectivity index (χ3v) is 3.63. The highest BCUT2D eigenvalue weighted by molar-refractivity contribution is 5.88. The van der Waals surface area contributed by atoms with Gasteiger partial charge in [-0.15, -0.1) is 0 Å². The summed E-state index contributed by atoms with van der Waals surface area (Å²) in [5.74, 6) is -0.0469. The monoisotopic (exact) mass is 301 g/mol. The Hall–Kier alpha value is -2.76. The normalized spacial score (nSPS) is 13.0. The number of fused-ring (bicyclic) bond motifs is 1. The third kappa shape index (κ3) is 2.22. The van der Waals surface area contributed by atoms with Crippen LogP contribution in [-0.4, -0.2) is 28.9 Å². The first kappa shape index (κ1) is 14.2. The van der Waals surface area contributed by atoms with Crippen molar-refractivity contribution in [1.82, 2.24) is 4.57 Å². The minimum absolute atomic E-state index is 0.225. The molecule has 0 atom stereocenters. The van der Waals surface area contributed by atoms with Crippen LogP contribution in [0.4, 0.5) is 0 Å². The van der Waals surface area contributed by atoms with E-state index in [1.807, 2.05) is 6.92 Å². The number of rotatable bonds is 2. The number of ether oxygens (including phenoxy) is 2. The van der Waals surface area contributed by atoms with Crippen LogP contribution < -0.4 is 15.0 Å². The summed E-state index contributed by atoms with van der Waals surface area (Å²) in [6, 6.07) is 5.10. The van der Waals surface area contributed by atoms with Gasteiger partial charge in [0, 0.05) is 12.3 Å². The number of carboxylic acid groups (broad SMARTS) is 1. The van der Waals surface area contributed by atoms with Crippen molar-refractivity contribution in [2.24, 2.45) is 0 Å². The second kappa shape index (κ2) is 5.22. The van der Waals surface area contributed by atoms with Crippen LogP contribution in [0.3, 0.4) is 0 Å². The number of hydrogen-bond acceptors (Lipinski definition) is 4. The summed E-state index contributed by atoms with van der Waals surface area (Å²) in [4.78, 5) is 23.7. The maximum atomic E-state index is 12.5. The van der Waals surface area contributed by atoms with E-state index in [0.29, 0.717) is 36.0 Å². The molecule has 1 aliphatic heterocycles. The molecule has 0 unspecified atom stereocenters. The maximum absolute atomic E-state index is 12.5. The molecule has 2 heterocycles. The van der Waals surface area contributed by atoms with E-state index in [1.165, 1.54) is 4.57 Å². The molecule has 0 radical (unpaired) electrons. The Morgan fingerprint density at radius 2 is 1.77 bits per heavy atom. The van der Waals surface area contributed by atoms with Crippen LogP contribution in [0.5, 0.6) is 11.5 Å². The molecule has 1 aromatic heterocycles. The van der Waals surface area contributed by atoms with Crippen LogP contribution in [0.2, 0.25) is 0 Å². The van der Waals surface area contributed by atoms with Crippen LogP contribution >= 0.6 is 0 Å². The molecule has 3 rings (SSSR count). The molecule has 0 bridgehead atoms. The lowest BCUT2D eigenvalue weighted by molar-refractivity contribution is 0.0693. The van der Waals surface area contributed by atoms with Gasteiger partial charge >= 0.3 is 5.97 Å². The average molecular weight is 301 g/mol. The fourth-order valence-electron chi connectivity index (χ4n) is 2.52. The summed E-state index contributed by atoms with van der Waals surface area (Å²) in [5.41, 5.74) is 1.02. The summed E-state index contributed by atoms with van der Waals surface area (Å²) < 4.78 is 12.3. The number of hydrogen-bond donors (Lipinski definition) is 1. The molecule has 1 N–H and O–H groups in total. The molecule has 0 amide bonds. The van der Waals surface area contributed by atoms with Crippen molar-refractivity contribution in [2.45, 2.75) is 13.8 Å². The van der Waals surface area contributed by atoms with Crippen molar-refractivity contribution in [3.63, 3.8) is 0 Å². The van der Waals surface area contributed by atoms with Gasteiger partial charge < -0.3 is 14.6 Å². The Labute approximate surface area is 126 Å². The van der Waals surface area contributed by atoms with Crippen LogP contribution in [0, 0.1) is 13.8 Å². The first-order valence-electron chi connectivity index (χ1n) is 6.85. The van der Waals surface area contributed by atoms with Gasteiger partial charge in [0.15, 0.2) is 11.5 Å². The SMILES string of the molecule is Cc1cc2c(cc1-n1ccc(C)c(C(=O)O)c1=O)OCCO2. The summed E-state index contributed by atoms with van der Waals surface area (Å²) in [7, 11) is 0. The number of pyridine rings is 1. The molecule has 114 valence electrons. The van der Waals surface area contributed by atoms with E-state index in [2.05, 4.69) is 0 Å². The highest BCUT2D eigenvalue weighted by atomic mass is 16.6. The molecule has 6 nitrogen and oxygen atoms in total. The molecule has 0 saturated carbocycles. The first-order chi connectivity index (χ1) is 10.5. The van der Waals surface area contributed by atoms with E-state index in [4.69, 9.17) is 9.47 Å². The Morgan fingerprint density at radius 3 is 2.41 bits per heavy atom. The van der Waals surface area contributed by atoms with Gasteiger partial charge in [0.25, 0.3) is 5.56 Å². The molecular weight excluding hydrogens is 286 g/mol. The van der Waals surface area contributed by atoms with E-state index in [0.717, 1.165) is 5.56 Å². The van der Waals surface area contributed by atoms with E-state index in [9.17, 15) is 14.7 Å². The molecule has 0 aliphatic carbocycles. The predicted octanol–water partition coefficient (Wildman–Crippen LogP) is 1.92. The number of carbonyl (C=O) groups is 1. The van der Waals surface area contributed by atoms with Crippen molar-refractivity contribution in [2.75, 3.05) is 13.2 Å². The standard InChI is InChI=1S/C16H15NO5/c1-9-3-4-17(15(18)14(9)16(19)20)11-8-13-12(7-10(11)2)21-5-6-22-13/h3-4,7-8H,5-6H2,1-2H3,(H,19,20). The van der Waals surface area contributed by atoms with Crippen molar-refractivity contribution in [3.8, 4) is 17.2 Å². The summed E-state index contributed by atoms with van der Waals surface area (Å²) >= 11 is 0. The number of carboxylic acids is 1. The first-order valence-corrected chi connectivity index (χ1v) is 6.85. The number of aryl methyl sites for hydroxylation is 2. The molecule has 0 saturated heterocycles. The van der Waals surface area contributed by atoms with Crippen molar-refractivity contribution >= 4 is 5.97 Å². The largest absolute Gasteiger partial charge is 0.486 e. The van der Waals surface area contributed by atoms with Crippen molar-refractivity contribution in [3.05, 3.63) is 51.4 Å². The van der Waals surface area contributed by atoms with Gasteiger partial charge in [0.2, 0.25) is 0 Å². The Morgan fingerprint density at radius 1 is 1.14 bits per heavy atom. The molecule has 0 fully saturated rings. The van der Waals surface area contributed by atoms with Gasteiger partial charge in [-0.3, -0.25) is 9.36 Å². The lowest BCUT2D eigenvalue weighted by Gasteiger charge is -2.21. The highest BCUT2D eigenvalue weighted by Gasteiger charge is 2.19. The zero-order valence-electron chi connectivity index (χ0n) is 12.3. The lowest BCUT2D eigenvalue weighted by atomic mass is 10.1. The zero-order valence-corrected chi connectivity index (χ0v) is 12.3. The number of benzene rings is 1. The maximum Gasteiger partial charge on any atom is 0.341 e. The van der Waals surface area contributed by atoms with Crippen molar-refractivity contribution < 1.29 is 19.4 Å². The van der Waals surface area contributed by atoms with Gasteiger partial charge in [-0.2, -0.15) is 0 Å². The minimum atomic E-state index is -1.23. The summed E-state index contributed by atoms with van der Waals surface area (Å²) in [6.07, 6.45) is 1.57. The van der Waals surface area contributed by atoms with E-state index >= 15 is 0 Å². The Bertz CT molecular complexity index is 822. The third-order valence-electron chi connectivity index (χ3n) is 3.63.